The summed E-state index contributed by atoms with van der Waals surface area (Å²) in [7, 11) is 0. The zero-order valence-electron chi connectivity index (χ0n) is 11.0. The van der Waals surface area contributed by atoms with Crippen LogP contribution in [-0.4, -0.2) is 18.8 Å². The van der Waals surface area contributed by atoms with Crippen LogP contribution >= 0.6 is 11.6 Å². The van der Waals surface area contributed by atoms with Gasteiger partial charge in [0.15, 0.2) is 0 Å². The van der Waals surface area contributed by atoms with E-state index in [2.05, 4.69) is 10.1 Å². The zero-order valence-corrected chi connectivity index (χ0v) is 11.7. The molecule has 6 heteroatoms. The molecule has 20 heavy (non-hydrogen) atoms. The van der Waals surface area contributed by atoms with Crippen LogP contribution < -0.4 is 10.1 Å². The number of hydrogen-bond acceptors (Lipinski definition) is 2. The van der Waals surface area contributed by atoms with Crippen LogP contribution in [0.1, 0.15) is 24.8 Å². The predicted molar refractivity (Wildman–Crippen MR) is 71.8 cm³/mol. The lowest BCUT2D eigenvalue weighted by molar-refractivity contribution is -0.274. The molecule has 0 amide bonds. The summed E-state index contributed by atoms with van der Waals surface area (Å²) in [5.74, 6) is 0.479. The van der Waals surface area contributed by atoms with Crippen molar-refractivity contribution in [2.24, 2.45) is 5.41 Å². The summed E-state index contributed by atoms with van der Waals surface area (Å²) >= 11 is 5.76. The highest BCUT2D eigenvalue weighted by Gasteiger charge is 2.41. The summed E-state index contributed by atoms with van der Waals surface area (Å²) in [6.45, 7) is 1.54. The van der Waals surface area contributed by atoms with Gasteiger partial charge in [-0.05, 0) is 42.4 Å². The number of halogens is 4. The van der Waals surface area contributed by atoms with Crippen molar-refractivity contribution in [2.75, 3.05) is 12.4 Å². The third-order valence-electron chi connectivity index (χ3n) is 3.57. The van der Waals surface area contributed by atoms with E-state index in [4.69, 9.17) is 11.6 Å². The quantitative estimate of drug-likeness (QED) is 0.766. The molecule has 0 aromatic heterocycles. The average Bonchev–Trinajstić information content (AvgIpc) is 3.10. The molecule has 1 aromatic carbocycles. The molecule has 1 N–H and O–H groups in total. The first kappa shape index (κ1) is 15.4. The molecule has 2 nitrogen and oxygen atoms in total. The number of alkyl halides is 4. The van der Waals surface area contributed by atoms with E-state index in [1.54, 1.807) is 12.1 Å². The Labute approximate surface area is 121 Å². The van der Waals surface area contributed by atoms with Crippen molar-refractivity contribution >= 4 is 11.6 Å². The Kier molecular flexibility index (Phi) is 4.81. The summed E-state index contributed by atoms with van der Waals surface area (Å²) in [6, 6.07) is 5.93. The summed E-state index contributed by atoms with van der Waals surface area (Å²) < 4.78 is 39.9. The van der Waals surface area contributed by atoms with Gasteiger partial charge in [0.25, 0.3) is 0 Å². The highest BCUT2D eigenvalue weighted by atomic mass is 35.5. The van der Waals surface area contributed by atoms with Crippen molar-refractivity contribution < 1.29 is 17.9 Å². The Morgan fingerprint density at radius 2 is 1.85 bits per heavy atom. The molecular weight excluding hydrogens is 291 g/mol. The number of benzene rings is 1. The highest BCUT2D eigenvalue weighted by molar-refractivity contribution is 6.17. The topological polar surface area (TPSA) is 21.3 Å². The van der Waals surface area contributed by atoms with Crippen LogP contribution in [0.25, 0.3) is 0 Å². The standard InChI is InChI=1S/C14H17ClF3NO/c15-8-7-13(5-6-13)10-19-9-11-1-3-12(4-2-11)20-14(16,17)18/h1-4,19H,5-10H2. The van der Waals surface area contributed by atoms with E-state index >= 15 is 0 Å². The molecule has 1 aliphatic carbocycles. The van der Waals surface area contributed by atoms with E-state index in [0.717, 1.165) is 18.5 Å². The SMILES string of the molecule is FC(F)(F)Oc1ccc(CNCC2(CCCl)CC2)cc1. The van der Waals surface area contributed by atoms with Gasteiger partial charge in [-0.1, -0.05) is 12.1 Å². The molecular formula is C14H17ClF3NO. The lowest BCUT2D eigenvalue weighted by Gasteiger charge is -2.14. The average molecular weight is 308 g/mol. The fourth-order valence-electron chi connectivity index (χ4n) is 2.17. The number of hydrogen-bond donors (Lipinski definition) is 1. The van der Waals surface area contributed by atoms with Gasteiger partial charge >= 0.3 is 6.36 Å². The van der Waals surface area contributed by atoms with Crippen LogP contribution in [0.5, 0.6) is 5.75 Å². The minimum Gasteiger partial charge on any atom is -0.406 e. The Morgan fingerprint density at radius 1 is 1.20 bits per heavy atom. The van der Waals surface area contributed by atoms with E-state index in [-0.39, 0.29) is 5.75 Å². The van der Waals surface area contributed by atoms with E-state index in [1.807, 2.05) is 0 Å². The van der Waals surface area contributed by atoms with Crippen LogP contribution in [-0.2, 0) is 6.54 Å². The van der Waals surface area contributed by atoms with E-state index in [0.29, 0.717) is 17.8 Å². The van der Waals surface area contributed by atoms with Crippen molar-refractivity contribution in [2.45, 2.75) is 32.2 Å². The Hall–Kier alpha value is -0.940. The van der Waals surface area contributed by atoms with Crippen LogP contribution in [0.2, 0.25) is 0 Å². The first-order chi connectivity index (χ1) is 9.42. The minimum atomic E-state index is -4.64. The lowest BCUT2D eigenvalue weighted by atomic mass is 10.0. The van der Waals surface area contributed by atoms with Gasteiger partial charge in [-0.15, -0.1) is 24.8 Å². The molecule has 0 spiro atoms. The second-order valence-electron chi connectivity index (χ2n) is 5.23. The third-order valence-corrected chi connectivity index (χ3v) is 3.76. The molecule has 1 aromatic rings. The molecule has 0 unspecified atom stereocenters. The Bertz CT molecular complexity index is 429. The summed E-state index contributed by atoms with van der Waals surface area (Å²) in [5.41, 5.74) is 1.28. The van der Waals surface area contributed by atoms with Gasteiger partial charge in [0.2, 0.25) is 0 Å². The van der Waals surface area contributed by atoms with Crippen molar-refractivity contribution in [3.8, 4) is 5.75 Å². The van der Waals surface area contributed by atoms with Crippen LogP contribution in [0.4, 0.5) is 13.2 Å². The highest BCUT2D eigenvalue weighted by Crippen LogP contribution is 2.48. The minimum absolute atomic E-state index is 0.193. The molecule has 0 radical (unpaired) electrons. The van der Waals surface area contributed by atoms with Crippen molar-refractivity contribution in [3.05, 3.63) is 29.8 Å². The predicted octanol–water partition coefficient (Wildman–Crippen LogP) is 4.08. The van der Waals surface area contributed by atoms with Gasteiger partial charge in [-0.3, -0.25) is 0 Å². The van der Waals surface area contributed by atoms with Gasteiger partial charge in [0.1, 0.15) is 5.75 Å². The first-order valence-electron chi connectivity index (χ1n) is 6.54. The second kappa shape index (κ2) is 6.22. The number of ether oxygens (including phenoxy) is 1. The Morgan fingerprint density at radius 3 is 2.35 bits per heavy atom. The zero-order chi connectivity index (χ0) is 14.6. The fraction of sp³-hybridized carbons (Fsp3) is 0.571. The first-order valence-corrected chi connectivity index (χ1v) is 7.07. The maximum atomic E-state index is 12.0. The van der Waals surface area contributed by atoms with Gasteiger partial charge in [-0.2, -0.15) is 0 Å². The molecule has 0 atom stereocenters. The number of rotatable bonds is 7. The van der Waals surface area contributed by atoms with Crippen molar-refractivity contribution in [1.82, 2.24) is 5.32 Å². The normalized spacial score (nSPS) is 17.0. The fourth-order valence-corrected chi connectivity index (χ4v) is 2.57. The molecule has 0 bridgehead atoms. The van der Waals surface area contributed by atoms with E-state index in [9.17, 15) is 13.2 Å². The molecule has 0 heterocycles. The summed E-state index contributed by atoms with van der Waals surface area (Å²) in [4.78, 5) is 0. The molecule has 1 aliphatic rings. The van der Waals surface area contributed by atoms with Gasteiger partial charge < -0.3 is 10.1 Å². The molecule has 1 fully saturated rings. The maximum Gasteiger partial charge on any atom is 0.573 e. The Balaban J connectivity index is 1.76. The largest absolute Gasteiger partial charge is 0.573 e. The van der Waals surface area contributed by atoms with Crippen LogP contribution in [0.15, 0.2) is 24.3 Å². The van der Waals surface area contributed by atoms with Crippen molar-refractivity contribution in [3.63, 3.8) is 0 Å². The van der Waals surface area contributed by atoms with E-state index in [1.165, 1.54) is 25.0 Å². The van der Waals surface area contributed by atoms with Gasteiger partial charge in [0, 0.05) is 19.0 Å². The lowest BCUT2D eigenvalue weighted by Crippen LogP contribution is -2.24. The molecule has 112 valence electrons. The maximum absolute atomic E-state index is 12.0. The molecule has 0 saturated heterocycles. The van der Waals surface area contributed by atoms with Gasteiger partial charge in [0.05, 0.1) is 0 Å². The number of nitrogens with one attached hydrogen (secondary N) is 1. The third kappa shape index (κ3) is 4.87. The molecule has 0 aliphatic heterocycles. The van der Waals surface area contributed by atoms with Crippen LogP contribution in [0, 0.1) is 5.41 Å². The smallest absolute Gasteiger partial charge is 0.406 e. The van der Waals surface area contributed by atoms with E-state index < -0.39 is 6.36 Å². The van der Waals surface area contributed by atoms with Crippen LogP contribution in [0.3, 0.4) is 0 Å². The van der Waals surface area contributed by atoms with Crippen molar-refractivity contribution in [1.29, 1.82) is 0 Å². The second-order valence-corrected chi connectivity index (χ2v) is 5.61. The molecule has 1 saturated carbocycles. The summed E-state index contributed by atoms with van der Waals surface area (Å²) in [5, 5.41) is 3.34. The molecule has 2 rings (SSSR count). The monoisotopic (exact) mass is 307 g/mol. The van der Waals surface area contributed by atoms with Gasteiger partial charge in [-0.25, -0.2) is 0 Å². The summed E-state index contributed by atoms with van der Waals surface area (Å²) in [6.07, 6.45) is -1.23.